The van der Waals surface area contributed by atoms with Crippen LogP contribution in [0.1, 0.15) is 25.2 Å². The van der Waals surface area contributed by atoms with Crippen LogP contribution in [-0.2, 0) is 0 Å². The zero-order valence-electron chi connectivity index (χ0n) is 7.62. The first-order valence-electron chi connectivity index (χ1n) is 4.56. The van der Waals surface area contributed by atoms with Gasteiger partial charge in [-0.15, -0.1) is 0 Å². The highest BCUT2D eigenvalue weighted by atomic mass is 14.1. The molecular weight excluding hydrogens is 142 g/mol. The predicted octanol–water partition coefficient (Wildman–Crippen LogP) is 1.35. The van der Waals surface area contributed by atoms with Gasteiger partial charge in [-0.3, -0.25) is 0 Å². The van der Waals surface area contributed by atoms with Gasteiger partial charge in [-0.25, -0.2) is 0 Å². The van der Waals surface area contributed by atoms with Crippen LogP contribution in [0.3, 0.4) is 0 Å². The zero-order valence-corrected chi connectivity index (χ0v) is 7.62. The van der Waals surface area contributed by atoms with Crippen molar-refractivity contribution in [3.05, 3.63) is 29.8 Å². The van der Waals surface area contributed by atoms with E-state index in [1.54, 1.807) is 0 Å². The average Bonchev–Trinajstić information content (AvgIpc) is 2.47. The van der Waals surface area contributed by atoms with Crippen LogP contribution in [0.2, 0.25) is 0 Å². The van der Waals surface area contributed by atoms with E-state index in [9.17, 15) is 0 Å². The zero-order chi connectivity index (χ0) is 8.55. The molecule has 1 unspecified atom stereocenters. The number of benzene rings is 1. The Morgan fingerprint density at radius 2 is 2.00 bits per heavy atom. The van der Waals surface area contributed by atoms with Crippen molar-refractivity contribution in [2.24, 2.45) is 5.92 Å². The van der Waals surface area contributed by atoms with Crippen LogP contribution < -0.4 is 5.46 Å². The van der Waals surface area contributed by atoms with E-state index in [1.165, 1.54) is 11.0 Å². The summed E-state index contributed by atoms with van der Waals surface area (Å²) < 4.78 is 0. The minimum atomic E-state index is 0.640. The number of fused-ring (bicyclic) bond motifs is 1. The Morgan fingerprint density at radius 3 is 2.75 bits per heavy atom. The predicted molar refractivity (Wildman–Crippen MR) is 55.2 cm³/mol. The van der Waals surface area contributed by atoms with Gasteiger partial charge in [0.1, 0.15) is 7.17 Å². The summed E-state index contributed by atoms with van der Waals surface area (Å²) in [6.45, 7) is 4.55. The molecule has 0 bridgehead atoms. The van der Waals surface area contributed by atoms with Crippen molar-refractivity contribution in [3.8, 4) is 0 Å². The minimum absolute atomic E-state index is 0.640. The van der Waals surface area contributed by atoms with Gasteiger partial charge >= 0.3 is 0 Å². The molecule has 0 N–H and O–H groups in total. The number of hydrogen-bond acceptors (Lipinski definition) is 0. The Bertz CT molecular complexity index is 281. The van der Waals surface area contributed by atoms with E-state index >= 15 is 0 Å². The molecule has 0 fully saturated rings. The Labute approximate surface area is 75.8 Å². The summed E-state index contributed by atoms with van der Waals surface area (Å²) in [7, 11) is 4.55. The van der Waals surface area contributed by atoms with Gasteiger partial charge in [0.25, 0.3) is 0 Å². The maximum Gasteiger partial charge on any atom is 0.108 e. The molecule has 2 rings (SSSR count). The summed E-state index contributed by atoms with van der Waals surface area (Å²) in [6, 6.07) is 8.65. The fourth-order valence-corrected chi connectivity index (χ4v) is 1.86. The van der Waals surface area contributed by atoms with E-state index < -0.39 is 0 Å². The van der Waals surface area contributed by atoms with Crippen molar-refractivity contribution in [1.29, 1.82) is 0 Å². The van der Waals surface area contributed by atoms with E-state index in [0.717, 1.165) is 0 Å². The van der Waals surface area contributed by atoms with Crippen LogP contribution >= 0.6 is 0 Å². The van der Waals surface area contributed by atoms with E-state index in [-0.39, 0.29) is 0 Å². The van der Waals surface area contributed by atoms with Gasteiger partial charge in [-0.2, -0.15) is 0 Å². The summed E-state index contributed by atoms with van der Waals surface area (Å²) in [5, 5.41) is 0. The lowest BCUT2D eigenvalue weighted by Crippen LogP contribution is -2.13. The maximum absolute atomic E-state index is 2.31. The molecule has 2 radical (unpaired) electrons. The molecule has 0 nitrogen and oxygen atoms in total. The van der Waals surface area contributed by atoms with Crippen molar-refractivity contribution < 1.29 is 0 Å². The summed E-state index contributed by atoms with van der Waals surface area (Å²) in [5.74, 6) is 1.35. The number of hydrogen-bond donors (Lipinski definition) is 0. The van der Waals surface area contributed by atoms with Gasteiger partial charge in [0.2, 0.25) is 0 Å². The molecule has 0 amide bonds. The summed E-state index contributed by atoms with van der Waals surface area (Å²) in [6.07, 6.45) is 0. The fourth-order valence-electron chi connectivity index (χ4n) is 1.86. The molecule has 1 aromatic rings. The second-order valence-electron chi connectivity index (χ2n) is 3.76. The van der Waals surface area contributed by atoms with Crippen molar-refractivity contribution >= 4 is 19.8 Å². The van der Waals surface area contributed by atoms with Gasteiger partial charge in [0.15, 0.2) is 0 Å². The molecule has 1 aromatic carbocycles. The van der Waals surface area contributed by atoms with Crippen molar-refractivity contribution in [2.45, 2.75) is 19.7 Å². The highest BCUT2D eigenvalue weighted by Gasteiger charge is 2.24. The topological polar surface area (TPSA) is 0 Å². The van der Waals surface area contributed by atoms with Crippen molar-refractivity contribution in [1.82, 2.24) is 0 Å². The first kappa shape index (κ1) is 7.97. The Balaban J connectivity index is 2.36. The third-order valence-electron chi connectivity index (χ3n) is 2.56. The largest absolute Gasteiger partial charge is 0.108 e. The van der Waals surface area contributed by atoms with Gasteiger partial charge in [0, 0.05) is 0 Å². The summed E-state index contributed by atoms with van der Waals surface area (Å²) >= 11 is 0. The van der Waals surface area contributed by atoms with Gasteiger partial charge < -0.3 is 0 Å². The van der Waals surface area contributed by atoms with Crippen LogP contribution in [-0.4, -0.2) is 14.3 Å². The van der Waals surface area contributed by atoms with E-state index in [0.29, 0.717) is 11.7 Å². The first-order valence-corrected chi connectivity index (χ1v) is 4.56. The highest BCUT2D eigenvalue weighted by molar-refractivity contribution is 7.10. The molecule has 12 heavy (non-hydrogen) atoms. The van der Waals surface area contributed by atoms with Crippen LogP contribution in [0, 0.1) is 5.92 Å². The summed E-state index contributed by atoms with van der Waals surface area (Å²) in [4.78, 5) is 0. The van der Waals surface area contributed by atoms with Crippen LogP contribution in [0.25, 0.3) is 0 Å². The number of rotatable bonds is 1. The van der Waals surface area contributed by atoms with E-state index in [1.807, 2.05) is 0 Å². The van der Waals surface area contributed by atoms with E-state index in [4.69, 9.17) is 0 Å². The lowest BCUT2D eigenvalue weighted by molar-refractivity contribution is 0.625. The fraction of sp³-hybridized carbons (Fsp3) is 0.400. The monoisotopic (exact) mass is 154 g/mol. The highest BCUT2D eigenvalue weighted by Crippen LogP contribution is 2.24. The second-order valence-corrected chi connectivity index (χ2v) is 3.76. The van der Waals surface area contributed by atoms with Gasteiger partial charge in [0.05, 0.1) is 7.17 Å². The maximum atomic E-state index is 2.31. The van der Waals surface area contributed by atoms with Gasteiger partial charge in [-0.1, -0.05) is 55.0 Å². The molecule has 1 atom stereocenters. The van der Waals surface area contributed by atoms with Crippen molar-refractivity contribution in [2.75, 3.05) is 0 Å². The SMILES string of the molecule is CC(C)C1[B][B]c2ccccc21. The Kier molecular flexibility index (Phi) is 2.00. The Hall–Kier alpha value is -0.650. The normalized spacial score (nSPS) is 20.1. The van der Waals surface area contributed by atoms with Crippen LogP contribution in [0.15, 0.2) is 24.3 Å². The molecule has 0 aromatic heterocycles. The molecular formula is C10H12B2. The average molecular weight is 154 g/mol. The molecule has 1 aliphatic rings. The smallest absolute Gasteiger partial charge is 0.0945 e. The lowest BCUT2D eigenvalue weighted by atomic mass is 9.36. The van der Waals surface area contributed by atoms with Gasteiger partial charge in [-0.05, 0) is 5.92 Å². The first-order chi connectivity index (χ1) is 5.79. The molecule has 0 saturated heterocycles. The molecule has 1 aliphatic heterocycles. The summed E-state index contributed by atoms with van der Waals surface area (Å²) in [5.41, 5.74) is 2.89. The third kappa shape index (κ3) is 1.20. The quantitative estimate of drug-likeness (QED) is 0.535. The molecule has 0 aliphatic carbocycles. The van der Waals surface area contributed by atoms with E-state index in [2.05, 4.69) is 52.5 Å². The molecule has 2 heteroatoms. The lowest BCUT2D eigenvalue weighted by Gasteiger charge is -2.15. The molecule has 1 heterocycles. The second kappa shape index (κ2) is 3.01. The van der Waals surface area contributed by atoms with Crippen molar-refractivity contribution in [3.63, 3.8) is 0 Å². The molecule has 0 saturated carbocycles. The molecule has 58 valence electrons. The standard InChI is InChI=1S/C10H12B2/c1-7(2)10-8-5-3-4-6-9(8)11-12-10/h3-7,10H,1-2H3. The molecule has 0 spiro atoms. The van der Waals surface area contributed by atoms with Crippen LogP contribution in [0.5, 0.6) is 0 Å². The minimum Gasteiger partial charge on any atom is -0.0945 e. The van der Waals surface area contributed by atoms with Crippen LogP contribution in [0.4, 0.5) is 0 Å². The Morgan fingerprint density at radius 1 is 1.25 bits per heavy atom. The third-order valence-corrected chi connectivity index (χ3v) is 2.56.